The number of aromatic nitrogens is 1. The van der Waals surface area contributed by atoms with Crippen LogP contribution in [0.2, 0.25) is 0 Å². The zero-order valence-corrected chi connectivity index (χ0v) is 14.0. The van der Waals surface area contributed by atoms with Gasteiger partial charge in [-0.3, -0.25) is 9.71 Å². The van der Waals surface area contributed by atoms with Crippen molar-refractivity contribution in [3.8, 4) is 0 Å². The number of para-hydroxylation sites is 1. The number of hydrogen-bond acceptors (Lipinski definition) is 4. The molecule has 0 amide bonds. The summed E-state index contributed by atoms with van der Waals surface area (Å²) in [6.45, 7) is 3.86. The highest BCUT2D eigenvalue weighted by molar-refractivity contribution is 7.97. The summed E-state index contributed by atoms with van der Waals surface area (Å²) >= 11 is 1.30. The zero-order valence-electron chi connectivity index (χ0n) is 13.2. The summed E-state index contributed by atoms with van der Waals surface area (Å²) in [6.07, 6.45) is -2.10. The smallest absolute Gasteiger partial charge is 0.367 e. The van der Waals surface area contributed by atoms with E-state index in [-0.39, 0.29) is 0 Å². The average molecular weight is 353 g/mol. The van der Waals surface area contributed by atoms with Gasteiger partial charge < -0.3 is 4.90 Å². The fourth-order valence-electron chi connectivity index (χ4n) is 2.79. The van der Waals surface area contributed by atoms with Crippen molar-refractivity contribution in [3.63, 3.8) is 0 Å². The molecule has 1 atom stereocenters. The standard InChI is InChI=1S/C17H18F3N3S/c1-12(23-9-8-13-4-2-3-5-15(13)23)10-22-24-14-6-7-16(21-11-14)17(18,19)20/h2-7,11-12,22H,8-10H2,1H3. The second-order valence-corrected chi connectivity index (χ2v) is 6.71. The van der Waals surface area contributed by atoms with Gasteiger partial charge in [0.25, 0.3) is 0 Å². The second kappa shape index (κ2) is 7.03. The lowest BCUT2D eigenvalue weighted by Gasteiger charge is -2.27. The number of fused-ring (bicyclic) bond motifs is 1. The van der Waals surface area contributed by atoms with Gasteiger partial charge in [0.1, 0.15) is 5.69 Å². The number of rotatable bonds is 5. The lowest BCUT2D eigenvalue weighted by molar-refractivity contribution is -0.141. The largest absolute Gasteiger partial charge is 0.433 e. The molecule has 0 aliphatic carbocycles. The van der Waals surface area contributed by atoms with E-state index in [9.17, 15) is 13.2 Å². The molecule has 0 fully saturated rings. The van der Waals surface area contributed by atoms with Crippen LogP contribution in [0.4, 0.5) is 18.9 Å². The number of halogens is 3. The molecule has 0 radical (unpaired) electrons. The van der Waals surface area contributed by atoms with Gasteiger partial charge in [-0.1, -0.05) is 18.2 Å². The van der Waals surface area contributed by atoms with Crippen LogP contribution in [0.25, 0.3) is 0 Å². The fraction of sp³-hybridized carbons (Fsp3) is 0.353. The van der Waals surface area contributed by atoms with Crippen molar-refractivity contribution < 1.29 is 13.2 Å². The highest BCUT2D eigenvalue weighted by atomic mass is 32.2. The molecule has 3 rings (SSSR count). The fourth-order valence-corrected chi connectivity index (χ4v) is 3.52. The van der Waals surface area contributed by atoms with Crippen molar-refractivity contribution in [2.45, 2.75) is 30.5 Å². The van der Waals surface area contributed by atoms with Gasteiger partial charge in [0.15, 0.2) is 0 Å². The lowest BCUT2D eigenvalue weighted by atomic mass is 10.2. The second-order valence-electron chi connectivity index (χ2n) is 5.75. The first-order chi connectivity index (χ1) is 11.4. The number of pyridine rings is 1. The average Bonchev–Trinajstić information content (AvgIpc) is 2.98. The Bertz CT molecular complexity index is 688. The molecule has 7 heteroatoms. The van der Waals surface area contributed by atoms with Crippen LogP contribution < -0.4 is 9.62 Å². The van der Waals surface area contributed by atoms with Gasteiger partial charge in [-0.25, -0.2) is 0 Å². The Kier molecular flexibility index (Phi) is 5.01. The molecule has 1 N–H and O–H groups in total. The molecule has 3 nitrogen and oxygen atoms in total. The van der Waals surface area contributed by atoms with Gasteiger partial charge in [0, 0.05) is 35.9 Å². The Hall–Kier alpha value is -1.73. The SMILES string of the molecule is CC(CNSc1ccc(C(F)(F)F)nc1)N1CCc2ccccc21. The molecule has 0 spiro atoms. The van der Waals surface area contributed by atoms with Crippen LogP contribution in [0.5, 0.6) is 0 Å². The minimum absolute atomic E-state index is 0.295. The molecule has 24 heavy (non-hydrogen) atoms. The Morgan fingerprint density at radius 2 is 2.04 bits per heavy atom. The van der Waals surface area contributed by atoms with Gasteiger partial charge in [-0.05, 0) is 49.1 Å². The van der Waals surface area contributed by atoms with Crippen LogP contribution in [0.3, 0.4) is 0 Å². The number of nitrogens with zero attached hydrogens (tertiary/aromatic N) is 2. The summed E-state index contributed by atoms with van der Waals surface area (Å²) in [5.74, 6) is 0. The predicted octanol–water partition coefficient (Wildman–Crippen LogP) is 4.15. The van der Waals surface area contributed by atoms with E-state index < -0.39 is 11.9 Å². The number of alkyl halides is 3. The Labute approximate surface area is 143 Å². The van der Waals surface area contributed by atoms with Crippen molar-refractivity contribution in [1.82, 2.24) is 9.71 Å². The predicted molar refractivity (Wildman–Crippen MR) is 90.1 cm³/mol. The molecule has 1 aromatic carbocycles. The summed E-state index contributed by atoms with van der Waals surface area (Å²) in [5.41, 5.74) is 1.77. The third kappa shape index (κ3) is 3.84. The van der Waals surface area contributed by atoms with Crippen LogP contribution in [0, 0.1) is 0 Å². The van der Waals surface area contributed by atoms with E-state index in [2.05, 4.69) is 39.7 Å². The molecule has 0 bridgehead atoms. The first-order valence-corrected chi connectivity index (χ1v) is 8.54. The Morgan fingerprint density at radius 3 is 2.75 bits per heavy atom. The van der Waals surface area contributed by atoms with Crippen LogP contribution in [-0.2, 0) is 12.6 Å². The molecule has 1 aliphatic rings. The van der Waals surface area contributed by atoms with E-state index in [1.165, 1.54) is 35.5 Å². The van der Waals surface area contributed by atoms with E-state index in [1.807, 2.05) is 6.07 Å². The van der Waals surface area contributed by atoms with Gasteiger partial charge in [0.05, 0.1) is 0 Å². The van der Waals surface area contributed by atoms with Crippen molar-refractivity contribution in [2.75, 3.05) is 18.0 Å². The van der Waals surface area contributed by atoms with Crippen LogP contribution in [0.15, 0.2) is 47.5 Å². The number of nitrogens with one attached hydrogen (secondary N) is 1. The summed E-state index contributed by atoms with van der Waals surface area (Å²) in [7, 11) is 0. The van der Waals surface area contributed by atoms with E-state index in [4.69, 9.17) is 0 Å². The van der Waals surface area contributed by atoms with Crippen molar-refractivity contribution in [2.24, 2.45) is 0 Å². The molecule has 128 valence electrons. The lowest BCUT2D eigenvalue weighted by Crippen LogP contribution is -2.37. The van der Waals surface area contributed by atoms with Gasteiger partial charge >= 0.3 is 6.18 Å². The Balaban J connectivity index is 1.52. The van der Waals surface area contributed by atoms with Crippen molar-refractivity contribution in [3.05, 3.63) is 53.9 Å². The molecular weight excluding hydrogens is 335 g/mol. The normalized spacial score (nSPS) is 15.4. The maximum Gasteiger partial charge on any atom is 0.433 e. The van der Waals surface area contributed by atoms with Gasteiger partial charge in [-0.15, -0.1) is 0 Å². The molecule has 0 saturated carbocycles. The van der Waals surface area contributed by atoms with E-state index >= 15 is 0 Å². The van der Waals surface area contributed by atoms with E-state index in [0.717, 1.165) is 25.6 Å². The molecule has 1 aliphatic heterocycles. The maximum absolute atomic E-state index is 12.5. The topological polar surface area (TPSA) is 28.2 Å². The van der Waals surface area contributed by atoms with E-state index in [0.29, 0.717) is 10.9 Å². The summed E-state index contributed by atoms with van der Waals surface area (Å²) < 4.78 is 40.7. The third-order valence-corrected chi connectivity index (χ3v) is 4.84. The summed E-state index contributed by atoms with van der Waals surface area (Å²) in [6, 6.07) is 11.1. The number of anilines is 1. The Morgan fingerprint density at radius 1 is 1.25 bits per heavy atom. The van der Waals surface area contributed by atoms with Crippen molar-refractivity contribution >= 4 is 17.6 Å². The minimum atomic E-state index is -4.39. The summed E-state index contributed by atoms with van der Waals surface area (Å²) in [4.78, 5) is 6.48. The van der Waals surface area contributed by atoms with Crippen molar-refractivity contribution in [1.29, 1.82) is 0 Å². The first kappa shape index (κ1) is 17.1. The molecule has 2 heterocycles. The molecular formula is C17H18F3N3S. The van der Waals surface area contributed by atoms with Crippen LogP contribution in [0.1, 0.15) is 18.2 Å². The van der Waals surface area contributed by atoms with E-state index in [1.54, 1.807) is 0 Å². The minimum Gasteiger partial charge on any atom is -0.367 e. The third-order valence-electron chi connectivity index (χ3n) is 4.05. The number of hydrogen-bond donors (Lipinski definition) is 1. The molecule has 1 unspecified atom stereocenters. The first-order valence-electron chi connectivity index (χ1n) is 7.72. The highest BCUT2D eigenvalue weighted by Gasteiger charge is 2.32. The van der Waals surface area contributed by atoms with Crippen LogP contribution >= 0.6 is 11.9 Å². The van der Waals surface area contributed by atoms with Gasteiger partial charge in [-0.2, -0.15) is 13.2 Å². The summed E-state index contributed by atoms with van der Waals surface area (Å²) in [5, 5.41) is 0. The zero-order chi connectivity index (χ0) is 17.2. The van der Waals surface area contributed by atoms with Gasteiger partial charge in [0.2, 0.25) is 0 Å². The number of benzene rings is 1. The molecule has 1 aromatic heterocycles. The quantitative estimate of drug-likeness (QED) is 0.818. The maximum atomic E-state index is 12.5. The molecule has 2 aromatic rings. The monoisotopic (exact) mass is 353 g/mol. The molecule has 0 saturated heterocycles. The highest BCUT2D eigenvalue weighted by Crippen LogP contribution is 2.30. The van der Waals surface area contributed by atoms with Crippen LogP contribution in [-0.4, -0.2) is 24.1 Å².